The molecule has 2 amide bonds. The van der Waals surface area contributed by atoms with Crippen molar-refractivity contribution in [3.8, 4) is 0 Å². The number of hydrogen-bond acceptors (Lipinski definition) is 2. The van der Waals surface area contributed by atoms with Crippen LogP contribution in [-0.2, 0) is 9.59 Å². The number of hydrogen-bond donors (Lipinski definition) is 1. The summed E-state index contributed by atoms with van der Waals surface area (Å²) in [6.07, 6.45) is 7.68. The number of nitrogens with zero attached hydrogens (tertiary/aromatic N) is 1. The lowest BCUT2D eigenvalue weighted by atomic mass is 9.49. The molecule has 5 fully saturated rings. The van der Waals surface area contributed by atoms with Gasteiger partial charge in [-0.3, -0.25) is 9.59 Å². The molecule has 27 heavy (non-hydrogen) atoms. The summed E-state index contributed by atoms with van der Waals surface area (Å²) in [5.74, 6) is 2.65. The van der Waals surface area contributed by atoms with Gasteiger partial charge in [-0.05, 0) is 93.4 Å². The maximum Gasteiger partial charge on any atom is 0.229 e. The third-order valence-electron chi connectivity index (χ3n) is 7.78. The molecule has 4 saturated carbocycles. The molecule has 0 unspecified atom stereocenters. The van der Waals surface area contributed by atoms with Crippen molar-refractivity contribution < 1.29 is 9.59 Å². The van der Waals surface area contributed by atoms with Crippen LogP contribution in [-0.4, -0.2) is 24.4 Å². The van der Waals surface area contributed by atoms with Gasteiger partial charge in [-0.1, -0.05) is 6.07 Å². The van der Waals surface area contributed by atoms with Crippen LogP contribution in [0.5, 0.6) is 0 Å². The Labute approximate surface area is 161 Å². The van der Waals surface area contributed by atoms with Crippen LogP contribution in [0.2, 0.25) is 0 Å². The molecule has 4 nitrogen and oxygen atoms in total. The van der Waals surface area contributed by atoms with Crippen molar-refractivity contribution in [3.63, 3.8) is 0 Å². The fraction of sp³-hybridized carbons (Fsp3) is 0.652. The number of aryl methyl sites for hydroxylation is 2. The first-order chi connectivity index (χ1) is 12.9. The maximum atomic E-state index is 13.3. The number of amides is 2. The van der Waals surface area contributed by atoms with Crippen LogP contribution in [0.1, 0.15) is 56.1 Å². The average molecular weight is 367 g/mol. The fourth-order valence-corrected chi connectivity index (χ4v) is 6.67. The van der Waals surface area contributed by atoms with E-state index in [-0.39, 0.29) is 23.3 Å². The van der Waals surface area contributed by atoms with Gasteiger partial charge in [-0.2, -0.15) is 0 Å². The number of carbonyl (C=O) groups excluding carboxylic acids is 2. The van der Waals surface area contributed by atoms with Crippen LogP contribution in [0.15, 0.2) is 18.2 Å². The number of benzene rings is 1. The molecule has 1 heterocycles. The standard InChI is InChI=1S/C23H30N2O2/c1-14-3-4-20(5-15(14)2)25-13-19(9-21(25)26)24-22(27)23-10-16-6-17(11-23)8-18(7-16)12-23/h3-5,16-19H,6-13H2,1-2H3,(H,24,27)/t16?,17?,18?,19-,23?/m1/s1. The molecule has 0 radical (unpaired) electrons. The Balaban J connectivity index is 1.28. The molecule has 5 aliphatic rings. The van der Waals surface area contributed by atoms with Crippen LogP contribution in [0.25, 0.3) is 0 Å². The molecule has 0 spiro atoms. The van der Waals surface area contributed by atoms with E-state index in [0.717, 1.165) is 42.7 Å². The summed E-state index contributed by atoms with van der Waals surface area (Å²) < 4.78 is 0. The molecule has 1 saturated heterocycles. The molecule has 1 N–H and O–H groups in total. The number of nitrogens with one attached hydrogen (secondary N) is 1. The highest BCUT2D eigenvalue weighted by molar-refractivity contribution is 5.97. The lowest BCUT2D eigenvalue weighted by molar-refractivity contribution is -0.146. The fourth-order valence-electron chi connectivity index (χ4n) is 6.67. The molecule has 6 rings (SSSR count). The summed E-state index contributed by atoms with van der Waals surface area (Å²) in [6.45, 7) is 4.75. The first-order valence-corrected chi connectivity index (χ1v) is 10.6. The SMILES string of the molecule is Cc1ccc(N2C[C@H](NC(=O)C34CC5CC(CC(C5)C3)C4)CC2=O)cc1C. The molecular formula is C23H30N2O2. The number of rotatable bonds is 3. The minimum absolute atomic E-state index is 0.0559. The van der Waals surface area contributed by atoms with E-state index in [2.05, 4.69) is 31.3 Å². The molecule has 4 aliphatic carbocycles. The van der Waals surface area contributed by atoms with Gasteiger partial charge in [0.25, 0.3) is 0 Å². The Kier molecular flexibility index (Phi) is 3.89. The summed E-state index contributed by atoms with van der Waals surface area (Å²) in [6, 6.07) is 6.11. The zero-order valence-electron chi connectivity index (χ0n) is 16.5. The molecule has 0 aromatic heterocycles. The van der Waals surface area contributed by atoms with Crippen molar-refractivity contribution >= 4 is 17.5 Å². The molecule has 1 atom stereocenters. The predicted molar refractivity (Wildman–Crippen MR) is 105 cm³/mol. The van der Waals surface area contributed by atoms with Crippen molar-refractivity contribution in [1.29, 1.82) is 0 Å². The predicted octanol–water partition coefficient (Wildman–Crippen LogP) is 3.74. The van der Waals surface area contributed by atoms with Crippen molar-refractivity contribution in [2.45, 2.75) is 64.8 Å². The first-order valence-electron chi connectivity index (χ1n) is 10.6. The van der Waals surface area contributed by atoms with Crippen LogP contribution < -0.4 is 10.2 Å². The quantitative estimate of drug-likeness (QED) is 0.886. The molecule has 1 aromatic rings. The highest BCUT2D eigenvalue weighted by Crippen LogP contribution is 2.60. The number of anilines is 1. The highest BCUT2D eigenvalue weighted by Gasteiger charge is 2.55. The Morgan fingerprint density at radius 1 is 1.04 bits per heavy atom. The Morgan fingerprint density at radius 2 is 1.67 bits per heavy atom. The zero-order chi connectivity index (χ0) is 18.8. The van der Waals surface area contributed by atoms with Crippen LogP contribution in [0.3, 0.4) is 0 Å². The van der Waals surface area contributed by atoms with Crippen molar-refractivity contribution in [3.05, 3.63) is 29.3 Å². The maximum absolute atomic E-state index is 13.3. The second kappa shape index (κ2) is 6.08. The van der Waals surface area contributed by atoms with E-state index in [0.29, 0.717) is 13.0 Å². The largest absolute Gasteiger partial charge is 0.351 e. The second-order valence-corrected chi connectivity index (χ2v) is 9.85. The molecular weight excluding hydrogens is 336 g/mol. The molecule has 4 bridgehead atoms. The minimum Gasteiger partial charge on any atom is -0.351 e. The van der Waals surface area contributed by atoms with Crippen molar-refractivity contribution in [2.75, 3.05) is 11.4 Å². The Hall–Kier alpha value is -1.84. The van der Waals surface area contributed by atoms with Crippen LogP contribution in [0, 0.1) is 37.0 Å². The summed E-state index contributed by atoms with van der Waals surface area (Å²) in [5.41, 5.74) is 3.25. The van der Waals surface area contributed by atoms with E-state index in [1.54, 1.807) is 0 Å². The van der Waals surface area contributed by atoms with Gasteiger partial charge in [0.2, 0.25) is 11.8 Å². The van der Waals surface area contributed by atoms with Gasteiger partial charge < -0.3 is 10.2 Å². The summed E-state index contributed by atoms with van der Waals surface area (Å²) in [4.78, 5) is 27.7. The summed E-state index contributed by atoms with van der Waals surface area (Å²) in [7, 11) is 0. The van der Waals surface area contributed by atoms with Crippen molar-refractivity contribution in [1.82, 2.24) is 5.32 Å². The zero-order valence-corrected chi connectivity index (χ0v) is 16.5. The Bertz CT molecular complexity index is 764. The average Bonchev–Trinajstić information content (AvgIpc) is 2.96. The van der Waals surface area contributed by atoms with E-state index in [9.17, 15) is 9.59 Å². The molecule has 1 aliphatic heterocycles. The van der Waals surface area contributed by atoms with Crippen LogP contribution in [0.4, 0.5) is 5.69 Å². The normalized spacial score (nSPS) is 37.1. The van der Waals surface area contributed by atoms with Gasteiger partial charge in [0.05, 0.1) is 6.04 Å². The Morgan fingerprint density at radius 3 is 2.26 bits per heavy atom. The van der Waals surface area contributed by atoms with Gasteiger partial charge in [0.15, 0.2) is 0 Å². The van der Waals surface area contributed by atoms with Crippen molar-refractivity contribution in [2.24, 2.45) is 23.2 Å². The van der Waals surface area contributed by atoms with Gasteiger partial charge in [-0.25, -0.2) is 0 Å². The topological polar surface area (TPSA) is 49.4 Å². The van der Waals surface area contributed by atoms with E-state index < -0.39 is 0 Å². The van der Waals surface area contributed by atoms with Gasteiger partial charge >= 0.3 is 0 Å². The highest BCUT2D eigenvalue weighted by atomic mass is 16.2. The minimum atomic E-state index is -0.133. The molecule has 4 heteroatoms. The van der Waals surface area contributed by atoms with Gasteiger partial charge in [0.1, 0.15) is 0 Å². The lowest BCUT2D eigenvalue weighted by Crippen LogP contribution is -2.55. The number of carbonyl (C=O) groups is 2. The van der Waals surface area contributed by atoms with Crippen LogP contribution >= 0.6 is 0 Å². The molecule has 1 aromatic carbocycles. The van der Waals surface area contributed by atoms with E-state index in [1.165, 1.54) is 30.4 Å². The third-order valence-corrected chi connectivity index (χ3v) is 7.78. The first kappa shape index (κ1) is 17.3. The lowest BCUT2D eigenvalue weighted by Gasteiger charge is -2.55. The monoisotopic (exact) mass is 366 g/mol. The summed E-state index contributed by atoms with van der Waals surface area (Å²) >= 11 is 0. The second-order valence-electron chi connectivity index (χ2n) is 9.85. The molecule has 144 valence electrons. The van der Waals surface area contributed by atoms with E-state index in [1.807, 2.05) is 11.0 Å². The van der Waals surface area contributed by atoms with E-state index >= 15 is 0 Å². The van der Waals surface area contributed by atoms with E-state index in [4.69, 9.17) is 0 Å². The summed E-state index contributed by atoms with van der Waals surface area (Å²) in [5, 5.41) is 3.29. The van der Waals surface area contributed by atoms with Gasteiger partial charge in [0, 0.05) is 24.1 Å². The van der Waals surface area contributed by atoms with Gasteiger partial charge in [-0.15, -0.1) is 0 Å². The third kappa shape index (κ3) is 2.88. The smallest absolute Gasteiger partial charge is 0.229 e.